The first-order valence-electron chi connectivity index (χ1n) is 10.4. The molecule has 0 bridgehead atoms. The molecule has 1 saturated heterocycles. The fraction of sp³-hybridized carbons (Fsp3) is 0.409. The molecular formula is C22H25F2N3O3S. The number of nitrogens with one attached hydrogen (secondary N) is 1. The zero-order valence-corrected chi connectivity index (χ0v) is 17.9. The number of halogens is 2. The molecule has 1 N–H and O–H groups in total. The first kappa shape index (κ1) is 21.9. The number of carbonyl (C=O) groups excluding carboxylic acids is 1. The van der Waals surface area contributed by atoms with Gasteiger partial charge in [-0.2, -0.15) is 4.31 Å². The van der Waals surface area contributed by atoms with E-state index < -0.39 is 26.6 Å². The number of sulfonamides is 1. The average Bonchev–Trinajstić information content (AvgIpc) is 2.74. The molecule has 1 heterocycles. The molecular weight excluding hydrogens is 424 g/mol. The van der Waals surface area contributed by atoms with E-state index in [1.807, 2.05) is 23.1 Å². The molecule has 1 unspecified atom stereocenters. The molecule has 1 aliphatic heterocycles. The standard InChI is InChI=1S/C22H25F2N3O3S/c23-18-8-4-9-19(24)22(18)31(29,30)27-13-11-26(12-14-27)15-21(28)25-20-10-3-6-16-5-1-2-7-17(16)20/h1-2,4-5,7-9,20H,3,6,10-15H2,(H,25,28). The summed E-state index contributed by atoms with van der Waals surface area (Å²) in [5.41, 5.74) is 2.42. The summed E-state index contributed by atoms with van der Waals surface area (Å²) in [7, 11) is -4.28. The number of benzene rings is 2. The van der Waals surface area contributed by atoms with E-state index in [4.69, 9.17) is 0 Å². The van der Waals surface area contributed by atoms with E-state index in [2.05, 4.69) is 11.4 Å². The highest BCUT2D eigenvalue weighted by molar-refractivity contribution is 7.89. The van der Waals surface area contributed by atoms with Gasteiger partial charge in [0.05, 0.1) is 12.6 Å². The van der Waals surface area contributed by atoms with Crippen LogP contribution >= 0.6 is 0 Å². The first-order chi connectivity index (χ1) is 14.9. The second kappa shape index (κ2) is 9.02. The van der Waals surface area contributed by atoms with Crippen molar-refractivity contribution in [1.82, 2.24) is 14.5 Å². The summed E-state index contributed by atoms with van der Waals surface area (Å²) in [6, 6.07) is 11.1. The van der Waals surface area contributed by atoms with Crippen molar-refractivity contribution in [2.24, 2.45) is 0 Å². The molecule has 1 aliphatic carbocycles. The van der Waals surface area contributed by atoms with E-state index in [1.165, 1.54) is 5.56 Å². The summed E-state index contributed by atoms with van der Waals surface area (Å²) < 4.78 is 54.4. The third-order valence-electron chi connectivity index (χ3n) is 5.92. The van der Waals surface area contributed by atoms with Gasteiger partial charge >= 0.3 is 0 Å². The van der Waals surface area contributed by atoms with Gasteiger partial charge in [-0.1, -0.05) is 30.3 Å². The Morgan fingerprint density at radius 3 is 2.39 bits per heavy atom. The lowest BCUT2D eigenvalue weighted by atomic mass is 9.88. The molecule has 0 radical (unpaired) electrons. The Balaban J connectivity index is 1.34. The van der Waals surface area contributed by atoms with Gasteiger partial charge < -0.3 is 5.32 Å². The number of piperazine rings is 1. The Morgan fingerprint density at radius 1 is 1.00 bits per heavy atom. The molecule has 2 aliphatic rings. The third-order valence-corrected chi connectivity index (χ3v) is 7.87. The fourth-order valence-electron chi connectivity index (χ4n) is 4.33. The summed E-state index contributed by atoms with van der Waals surface area (Å²) in [6.45, 7) is 0.903. The Kier molecular flexibility index (Phi) is 6.36. The molecule has 2 aromatic carbocycles. The molecule has 0 spiro atoms. The van der Waals surface area contributed by atoms with Gasteiger partial charge in [0.1, 0.15) is 11.6 Å². The molecule has 1 fully saturated rings. The predicted molar refractivity (Wildman–Crippen MR) is 112 cm³/mol. The minimum Gasteiger partial charge on any atom is -0.348 e. The number of amides is 1. The second-order valence-electron chi connectivity index (χ2n) is 7.94. The maximum atomic E-state index is 14.0. The van der Waals surface area contributed by atoms with Crippen LogP contribution in [0.15, 0.2) is 47.4 Å². The summed E-state index contributed by atoms with van der Waals surface area (Å²) in [5.74, 6) is -2.32. The molecule has 31 heavy (non-hydrogen) atoms. The van der Waals surface area contributed by atoms with Crippen LogP contribution in [0.2, 0.25) is 0 Å². The minimum atomic E-state index is -4.28. The van der Waals surface area contributed by atoms with Gasteiger partial charge in [-0.25, -0.2) is 17.2 Å². The number of carbonyl (C=O) groups is 1. The van der Waals surface area contributed by atoms with E-state index in [0.717, 1.165) is 47.3 Å². The van der Waals surface area contributed by atoms with E-state index in [-0.39, 0.29) is 31.6 Å². The van der Waals surface area contributed by atoms with Gasteiger partial charge in [0.25, 0.3) is 0 Å². The summed E-state index contributed by atoms with van der Waals surface area (Å²) >= 11 is 0. The van der Waals surface area contributed by atoms with Crippen LogP contribution in [-0.4, -0.2) is 56.3 Å². The Bertz CT molecular complexity index is 1050. The third kappa shape index (κ3) is 4.63. The van der Waals surface area contributed by atoms with Crippen molar-refractivity contribution >= 4 is 15.9 Å². The lowest BCUT2D eigenvalue weighted by molar-refractivity contribution is -0.123. The second-order valence-corrected chi connectivity index (χ2v) is 9.82. The average molecular weight is 450 g/mol. The lowest BCUT2D eigenvalue weighted by Gasteiger charge is -2.34. The lowest BCUT2D eigenvalue weighted by Crippen LogP contribution is -2.51. The van der Waals surface area contributed by atoms with Crippen molar-refractivity contribution in [3.63, 3.8) is 0 Å². The van der Waals surface area contributed by atoms with Gasteiger partial charge in [0, 0.05) is 26.2 Å². The van der Waals surface area contributed by atoms with Gasteiger partial charge in [-0.05, 0) is 42.5 Å². The van der Waals surface area contributed by atoms with Crippen LogP contribution in [0.5, 0.6) is 0 Å². The van der Waals surface area contributed by atoms with E-state index >= 15 is 0 Å². The summed E-state index contributed by atoms with van der Waals surface area (Å²) in [5, 5.41) is 3.09. The van der Waals surface area contributed by atoms with Crippen molar-refractivity contribution in [2.75, 3.05) is 32.7 Å². The number of fused-ring (bicyclic) bond motifs is 1. The van der Waals surface area contributed by atoms with E-state index in [1.54, 1.807) is 0 Å². The van der Waals surface area contributed by atoms with Crippen molar-refractivity contribution in [3.8, 4) is 0 Å². The number of nitrogens with zero attached hydrogens (tertiary/aromatic N) is 2. The number of aryl methyl sites for hydroxylation is 1. The first-order valence-corrected chi connectivity index (χ1v) is 11.8. The van der Waals surface area contributed by atoms with Gasteiger partial charge in [-0.15, -0.1) is 0 Å². The Hall–Kier alpha value is -2.36. The van der Waals surface area contributed by atoms with Crippen LogP contribution in [0, 0.1) is 11.6 Å². The molecule has 6 nitrogen and oxygen atoms in total. The molecule has 166 valence electrons. The highest BCUT2D eigenvalue weighted by Gasteiger charge is 2.33. The zero-order chi connectivity index (χ0) is 22.0. The van der Waals surface area contributed by atoms with Crippen LogP contribution in [0.1, 0.15) is 30.0 Å². The highest BCUT2D eigenvalue weighted by Crippen LogP contribution is 2.29. The maximum Gasteiger partial charge on any atom is 0.249 e. The normalized spacial score (nSPS) is 20.3. The topological polar surface area (TPSA) is 69.7 Å². The molecule has 9 heteroatoms. The van der Waals surface area contributed by atoms with Crippen LogP contribution in [0.4, 0.5) is 8.78 Å². The zero-order valence-electron chi connectivity index (χ0n) is 17.1. The Morgan fingerprint density at radius 2 is 1.68 bits per heavy atom. The number of hydrogen-bond acceptors (Lipinski definition) is 4. The highest BCUT2D eigenvalue weighted by atomic mass is 32.2. The maximum absolute atomic E-state index is 14.0. The number of hydrogen-bond donors (Lipinski definition) is 1. The fourth-order valence-corrected chi connectivity index (χ4v) is 5.86. The minimum absolute atomic E-state index is 0.0110. The molecule has 1 amide bonds. The van der Waals surface area contributed by atoms with Crippen LogP contribution in [0.25, 0.3) is 0 Å². The predicted octanol–water partition coefficient (Wildman–Crippen LogP) is 2.46. The van der Waals surface area contributed by atoms with Gasteiger partial charge in [0.2, 0.25) is 15.9 Å². The van der Waals surface area contributed by atoms with E-state index in [9.17, 15) is 22.0 Å². The quantitative estimate of drug-likeness (QED) is 0.762. The molecule has 0 saturated carbocycles. The molecule has 4 rings (SSSR count). The smallest absolute Gasteiger partial charge is 0.249 e. The summed E-state index contributed by atoms with van der Waals surface area (Å²) in [4.78, 5) is 13.5. The Labute approximate surface area is 180 Å². The van der Waals surface area contributed by atoms with Gasteiger partial charge in [0.15, 0.2) is 4.90 Å². The summed E-state index contributed by atoms with van der Waals surface area (Å²) in [6.07, 6.45) is 2.93. The molecule has 1 atom stereocenters. The van der Waals surface area contributed by atoms with Crippen LogP contribution < -0.4 is 5.32 Å². The SMILES string of the molecule is O=C(CN1CCN(S(=O)(=O)c2c(F)cccc2F)CC1)NC1CCCc2ccccc21. The number of rotatable bonds is 5. The van der Waals surface area contributed by atoms with Crippen molar-refractivity contribution in [2.45, 2.75) is 30.2 Å². The van der Waals surface area contributed by atoms with Crippen LogP contribution in [0.3, 0.4) is 0 Å². The largest absolute Gasteiger partial charge is 0.348 e. The monoisotopic (exact) mass is 449 g/mol. The van der Waals surface area contributed by atoms with Crippen molar-refractivity contribution in [3.05, 3.63) is 65.2 Å². The van der Waals surface area contributed by atoms with Crippen LogP contribution in [-0.2, 0) is 21.2 Å². The van der Waals surface area contributed by atoms with E-state index in [0.29, 0.717) is 13.1 Å². The molecule has 0 aromatic heterocycles. The molecule has 2 aromatic rings. The van der Waals surface area contributed by atoms with Crippen molar-refractivity contribution < 1.29 is 22.0 Å². The van der Waals surface area contributed by atoms with Crippen molar-refractivity contribution in [1.29, 1.82) is 0 Å². The van der Waals surface area contributed by atoms with Gasteiger partial charge in [-0.3, -0.25) is 9.69 Å².